The van der Waals surface area contributed by atoms with Gasteiger partial charge in [0.1, 0.15) is 0 Å². The van der Waals surface area contributed by atoms with Crippen LogP contribution in [-0.4, -0.2) is 50.3 Å². The second kappa shape index (κ2) is 14.7. The standard InChI is InChI=1S/C28H34O8/c1-5-9-17-35-26(30)22-16-12-14-20(24(22)28(32)36-18-10-6-2)19-13-11-15-21(25(29)33-7-3)23(19)27(31)34-8-4/h11-16H,5-10,17-18H2,1-4H3. The number of benzene rings is 2. The number of hydrogen-bond acceptors (Lipinski definition) is 8. The first-order chi connectivity index (χ1) is 17.4. The summed E-state index contributed by atoms with van der Waals surface area (Å²) in [6.07, 6.45) is 2.98. The molecular weight excluding hydrogens is 464 g/mol. The normalized spacial score (nSPS) is 10.4. The Morgan fingerprint density at radius 2 is 0.944 bits per heavy atom. The van der Waals surface area contributed by atoms with Gasteiger partial charge in [-0.15, -0.1) is 0 Å². The van der Waals surface area contributed by atoms with E-state index in [2.05, 4.69) is 0 Å². The molecule has 0 heterocycles. The minimum atomic E-state index is -0.752. The van der Waals surface area contributed by atoms with Crippen molar-refractivity contribution in [1.82, 2.24) is 0 Å². The molecule has 0 unspecified atom stereocenters. The topological polar surface area (TPSA) is 105 Å². The Bertz CT molecular complexity index is 1070. The van der Waals surface area contributed by atoms with E-state index >= 15 is 0 Å². The maximum atomic E-state index is 13.3. The quantitative estimate of drug-likeness (QED) is 0.199. The molecule has 0 amide bonds. The molecule has 0 atom stereocenters. The van der Waals surface area contributed by atoms with Gasteiger partial charge >= 0.3 is 23.9 Å². The monoisotopic (exact) mass is 498 g/mol. The van der Waals surface area contributed by atoms with Crippen LogP contribution in [0.4, 0.5) is 0 Å². The lowest BCUT2D eigenvalue weighted by atomic mass is 9.90. The van der Waals surface area contributed by atoms with E-state index in [1.807, 2.05) is 13.8 Å². The Morgan fingerprint density at radius 3 is 1.39 bits per heavy atom. The van der Waals surface area contributed by atoms with Crippen LogP contribution in [0.25, 0.3) is 11.1 Å². The summed E-state index contributed by atoms with van der Waals surface area (Å²) in [5, 5.41) is 0. The number of unbranched alkanes of at least 4 members (excludes halogenated alkanes) is 2. The second-order valence-corrected chi connectivity index (χ2v) is 7.88. The van der Waals surface area contributed by atoms with Gasteiger partial charge in [0.05, 0.1) is 48.7 Å². The predicted molar refractivity (Wildman–Crippen MR) is 134 cm³/mol. The third kappa shape index (κ3) is 7.16. The molecule has 2 rings (SSSR count). The maximum Gasteiger partial charge on any atom is 0.339 e. The van der Waals surface area contributed by atoms with Gasteiger partial charge < -0.3 is 18.9 Å². The average molecular weight is 499 g/mol. The number of carbonyl (C=O) groups excluding carboxylic acids is 4. The lowest BCUT2D eigenvalue weighted by Gasteiger charge is -2.18. The van der Waals surface area contributed by atoms with Crippen molar-refractivity contribution in [2.45, 2.75) is 53.4 Å². The van der Waals surface area contributed by atoms with Crippen molar-refractivity contribution in [1.29, 1.82) is 0 Å². The van der Waals surface area contributed by atoms with Crippen LogP contribution in [0.5, 0.6) is 0 Å². The van der Waals surface area contributed by atoms with E-state index < -0.39 is 23.9 Å². The first-order valence-corrected chi connectivity index (χ1v) is 12.4. The number of ether oxygens (including phenoxy) is 4. The molecule has 0 spiro atoms. The molecule has 2 aromatic carbocycles. The highest BCUT2D eigenvalue weighted by Gasteiger charge is 2.29. The summed E-state index contributed by atoms with van der Waals surface area (Å²) in [6.45, 7) is 7.80. The summed E-state index contributed by atoms with van der Waals surface area (Å²) in [5.74, 6) is -2.85. The molecule has 0 fully saturated rings. The Hall–Kier alpha value is -3.68. The molecule has 2 aromatic rings. The van der Waals surface area contributed by atoms with Gasteiger partial charge in [-0.2, -0.15) is 0 Å². The number of rotatable bonds is 13. The van der Waals surface area contributed by atoms with Gasteiger partial charge in [0.2, 0.25) is 0 Å². The first kappa shape index (κ1) is 28.6. The fraction of sp³-hybridized carbons (Fsp3) is 0.429. The van der Waals surface area contributed by atoms with Crippen LogP contribution in [0.3, 0.4) is 0 Å². The molecule has 8 nitrogen and oxygen atoms in total. The highest BCUT2D eigenvalue weighted by molar-refractivity contribution is 6.12. The van der Waals surface area contributed by atoms with Gasteiger partial charge in [-0.25, -0.2) is 19.2 Å². The van der Waals surface area contributed by atoms with E-state index in [0.717, 1.165) is 12.8 Å². The van der Waals surface area contributed by atoms with Crippen LogP contribution in [0.1, 0.15) is 94.8 Å². The largest absolute Gasteiger partial charge is 0.462 e. The summed E-state index contributed by atoms with van der Waals surface area (Å²) in [7, 11) is 0. The van der Waals surface area contributed by atoms with Crippen LogP contribution in [0.15, 0.2) is 36.4 Å². The lowest BCUT2D eigenvalue weighted by Crippen LogP contribution is -2.19. The fourth-order valence-electron chi connectivity index (χ4n) is 3.51. The van der Waals surface area contributed by atoms with Crippen LogP contribution < -0.4 is 0 Å². The molecule has 0 radical (unpaired) electrons. The van der Waals surface area contributed by atoms with E-state index in [-0.39, 0.29) is 59.8 Å². The predicted octanol–water partition coefficient (Wildman–Crippen LogP) is 5.62. The summed E-state index contributed by atoms with van der Waals surface area (Å²) < 4.78 is 21.2. The Kier molecular flexibility index (Phi) is 11.6. The molecule has 0 saturated heterocycles. The minimum Gasteiger partial charge on any atom is -0.462 e. The van der Waals surface area contributed by atoms with Crippen molar-refractivity contribution >= 4 is 23.9 Å². The molecule has 0 aliphatic carbocycles. The van der Waals surface area contributed by atoms with Crippen molar-refractivity contribution in [3.63, 3.8) is 0 Å². The van der Waals surface area contributed by atoms with Gasteiger partial charge in [0, 0.05) is 0 Å². The molecule has 194 valence electrons. The van der Waals surface area contributed by atoms with E-state index in [0.29, 0.717) is 12.8 Å². The summed E-state index contributed by atoms with van der Waals surface area (Å²) in [6, 6.07) is 9.26. The molecule has 36 heavy (non-hydrogen) atoms. The summed E-state index contributed by atoms with van der Waals surface area (Å²) in [5.41, 5.74) is 0.398. The van der Waals surface area contributed by atoms with E-state index in [1.54, 1.807) is 38.1 Å². The zero-order valence-corrected chi connectivity index (χ0v) is 21.4. The molecule has 8 heteroatoms. The summed E-state index contributed by atoms with van der Waals surface area (Å²) >= 11 is 0. The molecule has 0 N–H and O–H groups in total. The lowest BCUT2D eigenvalue weighted by molar-refractivity contribution is 0.0453. The van der Waals surface area contributed by atoms with Crippen molar-refractivity contribution < 1.29 is 38.1 Å². The molecule has 0 bridgehead atoms. The van der Waals surface area contributed by atoms with Gasteiger partial charge in [0.15, 0.2) is 0 Å². The Balaban J connectivity index is 2.76. The third-order valence-electron chi connectivity index (χ3n) is 5.28. The molecule has 0 saturated carbocycles. The van der Waals surface area contributed by atoms with E-state index in [4.69, 9.17) is 18.9 Å². The van der Waals surface area contributed by atoms with Crippen molar-refractivity contribution in [3.8, 4) is 11.1 Å². The van der Waals surface area contributed by atoms with Gasteiger partial charge in [0.25, 0.3) is 0 Å². The minimum absolute atomic E-state index is 0.00553. The zero-order chi connectivity index (χ0) is 26.5. The zero-order valence-electron chi connectivity index (χ0n) is 21.4. The fourth-order valence-corrected chi connectivity index (χ4v) is 3.51. The Morgan fingerprint density at radius 1 is 0.556 bits per heavy atom. The third-order valence-corrected chi connectivity index (χ3v) is 5.28. The Labute approximate surface area is 211 Å². The molecular formula is C28H34O8. The highest BCUT2D eigenvalue weighted by atomic mass is 16.5. The van der Waals surface area contributed by atoms with Gasteiger partial charge in [-0.3, -0.25) is 0 Å². The SMILES string of the molecule is CCCCOC(=O)c1cccc(-c2cccc(C(=O)OCC)c2C(=O)OCC)c1C(=O)OCCCC. The van der Waals surface area contributed by atoms with Gasteiger partial charge in [-0.05, 0) is 49.9 Å². The van der Waals surface area contributed by atoms with E-state index in [9.17, 15) is 19.2 Å². The highest BCUT2D eigenvalue weighted by Crippen LogP contribution is 2.33. The van der Waals surface area contributed by atoms with Crippen LogP contribution >= 0.6 is 0 Å². The number of carbonyl (C=O) groups is 4. The second-order valence-electron chi connectivity index (χ2n) is 7.88. The molecule has 0 aliphatic heterocycles. The van der Waals surface area contributed by atoms with Gasteiger partial charge in [-0.1, -0.05) is 51.0 Å². The first-order valence-electron chi connectivity index (χ1n) is 12.4. The molecule has 0 aromatic heterocycles. The molecule has 0 aliphatic rings. The van der Waals surface area contributed by atoms with Crippen LogP contribution in [-0.2, 0) is 18.9 Å². The van der Waals surface area contributed by atoms with Crippen LogP contribution in [0, 0.1) is 0 Å². The smallest absolute Gasteiger partial charge is 0.339 e. The number of hydrogen-bond donors (Lipinski definition) is 0. The average Bonchev–Trinajstić information content (AvgIpc) is 2.88. The van der Waals surface area contributed by atoms with Crippen molar-refractivity contribution in [3.05, 3.63) is 58.7 Å². The van der Waals surface area contributed by atoms with Crippen LogP contribution in [0.2, 0.25) is 0 Å². The van der Waals surface area contributed by atoms with Crippen molar-refractivity contribution in [2.75, 3.05) is 26.4 Å². The maximum absolute atomic E-state index is 13.3. The summed E-state index contributed by atoms with van der Waals surface area (Å²) in [4.78, 5) is 51.9. The van der Waals surface area contributed by atoms with E-state index in [1.165, 1.54) is 12.1 Å². The van der Waals surface area contributed by atoms with Crippen molar-refractivity contribution in [2.24, 2.45) is 0 Å². The number of esters is 4.